The second-order valence-corrected chi connectivity index (χ2v) is 4.94. The summed E-state index contributed by atoms with van der Waals surface area (Å²) in [7, 11) is 0. The van der Waals surface area contributed by atoms with E-state index in [4.69, 9.17) is 0 Å². The topological polar surface area (TPSA) is 12.0 Å². The number of nitrogens with one attached hydrogen (secondary N) is 1. The minimum absolute atomic E-state index is 0.197. The van der Waals surface area contributed by atoms with E-state index in [1.54, 1.807) is 0 Å². The Kier molecular flexibility index (Phi) is 3.11. The van der Waals surface area contributed by atoms with Gasteiger partial charge in [0.05, 0.1) is 0 Å². The van der Waals surface area contributed by atoms with E-state index in [2.05, 4.69) is 43.4 Å². The number of hydrogen-bond acceptors (Lipinski definition) is 1. The lowest BCUT2D eigenvalue weighted by molar-refractivity contribution is 0.359. The number of hydrogen-bond donors (Lipinski definition) is 1. The van der Waals surface area contributed by atoms with Crippen LogP contribution in [0.5, 0.6) is 0 Å². The maximum absolute atomic E-state index is 3.70. The van der Waals surface area contributed by atoms with Crippen molar-refractivity contribution in [3.63, 3.8) is 0 Å². The predicted molar refractivity (Wildman–Crippen MR) is 65.0 cm³/mol. The van der Waals surface area contributed by atoms with Crippen LogP contribution in [0, 0.1) is 6.92 Å². The molecule has 1 N–H and O–H groups in total. The molecular weight excluding hydrogens is 182 g/mol. The predicted octanol–water partition coefficient (Wildman–Crippen LogP) is 3.37. The van der Waals surface area contributed by atoms with Gasteiger partial charge in [0.25, 0.3) is 0 Å². The highest BCUT2D eigenvalue weighted by atomic mass is 15.0. The molecule has 1 aliphatic heterocycles. The van der Waals surface area contributed by atoms with Crippen LogP contribution in [0.4, 0.5) is 0 Å². The summed E-state index contributed by atoms with van der Waals surface area (Å²) in [5, 5.41) is 3.70. The lowest BCUT2D eigenvalue weighted by Crippen LogP contribution is -2.38. The lowest BCUT2D eigenvalue weighted by Gasteiger charge is -2.30. The van der Waals surface area contributed by atoms with Crippen LogP contribution >= 0.6 is 0 Å². The Labute approximate surface area is 92.9 Å². The zero-order chi connectivity index (χ0) is 10.7. The molecule has 1 nitrogen and oxygen atoms in total. The van der Waals surface area contributed by atoms with Gasteiger partial charge in [0.1, 0.15) is 0 Å². The zero-order valence-electron chi connectivity index (χ0n) is 9.84. The van der Waals surface area contributed by atoms with Gasteiger partial charge in [-0.2, -0.15) is 0 Å². The maximum Gasteiger partial charge on any atom is 0.0406 e. The summed E-state index contributed by atoms with van der Waals surface area (Å²) in [6.07, 6.45) is 5.30. The zero-order valence-corrected chi connectivity index (χ0v) is 9.84. The molecule has 1 unspecified atom stereocenters. The first-order valence-electron chi connectivity index (χ1n) is 6.03. The Bertz CT molecular complexity index is 322. The average molecular weight is 203 g/mol. The first kappa shape index (κ1) is 10.7. The van der Waals surface area contributed by atoms with Gasteiger partial charge in [-0.1, -0.05) is 42.7 Å². The fourth-order valence-corrected chi connectivity index (χ4v) is 2.47. The van der Waals surface area contributed by atoms with Crippen molar-refractivity contribution in [3.05, 3.63) is 35.4 Å². The molecule has 0 bridgehead atoms. The highest BCUT2D eigenvalue weighted by Gasteiger charge is 2.26. The third kappa shape index (κ3) is 2.40. The molecule has 1 heteroatoms. The molecule has 1 heterocycles. The molecule has 0 saturated carbocycles. The van der Waals surface area contributed by atoms with Gasteiger partial charge in [-0.3, -0.25) is 0 Å². The molecule has 1 fully saturated rings. The maximum atomic E-state index is 3.70. The average Bonchev–Trinajstić information content (AvgIpc) is 2.44. The second kappa shape index (κ2) is 4.36. The van der Waals surface area contributed by atoms with Crippen molar-refractivity contribution >= 4 is 0 Å². The monoisotopic (exact) mass is 203 g/mol. The first-order valence-corrected chi connectivity index (χ1v) is 6.03. The van der Waals surface area contributed by atoms with Gasteiger partial charge in [-0.25, -0.2) is 0 Å². The Morgan fingerprint density at radius 1 is 1.20 bits per heavy atom. The molecule has 2 rings (SSSR count). The van der Waals surface area contributed by atoms with E-state index in [1.165, 1.54) is 36.8 Å². The lowest BCUT2D eigenvalue weighted by atomic mass is 9.87. The highest BCUT2D eigenvalue weighted by Crippen LogP contribution is 2.29. The van der Waals surface area contributed by atoms with E-state index < -0.39 is 0 Å². The smallest absolute Gasteiger partial charge is 0.0406 e. The van der Waals surface area contributed by atoms with Gasteiger partial charge < -0.3 is 5.32 Å². The molecule has 82 valence electrons. The second-order valence-electron chi connectivity index (χ2n) is 4.94. The van der Waals surface area contributed by atoms with E-state index in [0.29, 0.717) is 0 Å². The summed E-state index contributed by atoms with van der Waals surface area (Å²) >= 11 is 0. The fraction of sp³-hybridized carbons (Fsp3) is 0.571. The van der Waals surface area contributed by atoms with Crippen LogP contribution in [0.25, 0.3) is 0 Å². The van der Waals surface area contributed by atoms with Gasteiger partial charge in [-0.05, 0) is 38.8 Å². The van der Waals surface area contributed by atoms with Crippen LogP contribution in [0.3, 0.4) is 0 Å². The summed E-state index contributed by atoms with van der Waals surface area (Å²) in [4.78, 5) is 0. The molecule has 1 aromatic rings. The van der Waals surface area contributed by atoms with Gasteiger partial charge in [0.2, 0.25) is 0 Å². The van der Waals surface area contributed by atoms with Gasteiger partial charge in [-0.15, -0.1) is 0 Å². The molecule has 0 radical (unpaired) electrons. The van der Waals surface area contributed by atoms with Crippen LogP contribution in [0.2, 0.25) is 0 Å². The molecule has 1 aromatic carbocycles. The molecule has 0 aliphatic carbocycles. The van der Waals surface area contributed by atoms with Gasteiger partial charge in [0, 0.05) is 5.54 Å². The van der Waals surface area contributed by atoms with Gasteiger partial charge in [0.15, 0.2) is 0 Å². The largest absolute Gasteiger partial charge is 0.308 e. The van der Waals surface area contributed by atoms with Crippen molar-refractivity contribution in [2.24, 2.45) is 0 Å². The Hall–Kier alpha value is -0.820. The summed E-state index contributed by atoms with van der Waals surface area (Å²) < 4.78 is 0. The van der Waals surface area contributed by atoms with E-state index in [-0.39, 0.29) is 5.54 Å². The van der Waals surface area contributed by atoms with Crippen molar-refractivity contribution in [1.29, 1.82) is 0 Å². The Morgan fingerprint density at radius 2 is 2.07 bits per heavy atom. The first-order chi connectivity index (χ1) is 7.21. The minimum atomic E-state index is 0.197. The van der Waals surface area contributed by atoms with E-state index in [1.807, 2.05) is 0 Å². The van der Waals surface area contributed by atoms with Crippen molar-refractivity contribution < 1.29 is 0 Å². The highest BCUT2D eigenvalue weighted by molar-refractivity contribution is 5.28. The third-order valence-corrected chi connectivity index (χ3v) is 3.52. The molecule has 1 aliphatic rings. The molecule has 0 amide bonds. The van der Waals surface area contributed by atoms with Gasteiger partial charge >= 0.3 is 0 Å². The number of rotatable bonds is 1. The summed E-state index contributed by atoms with van der Waals surface area (Å²) in [6.45, 7) is 5.67. The van der Waals surface area contributed by atoms with E-state index in [9.17, 15) is 0 Å². The van der Waals surface area contributed by atoms with Crippen LogP contribution in [-0.2, 0) is 5.54 Å². The van der Waals surface area contributed by atoms with Crippen LogP contribution < -0.4 is 5.32 Å². The third-order valence-electron chi connectivity index (χ3n) is 3.52. The van der Waals surface area contributed by atoms with Crippen molar-refractivity contribution in [2.45, 2.75) is 45.1 Å². The molecule has 1 atom stereocenters. The van der Waals surface area contributed by atoms with Crippen LogP contribution in [-0.4, -0.2) is 6.54 Å². The van der Waals surface area contributed by atoms with E-state index >= 15 is 0 Å². The van der Waals surface area contributed by atoms with Crippen molar-refractivity contribution in [2.75, 3.05) is 6.54 Å². The molecule has 15 heavy (non-hydrogen) atoms. The molecule has 0 aromatic heterocycles. The quantitative estimate of drug-likeness (QED) is 0.738. The summed E-state index contributed by atoms with van der Waals surface area (Å²) in [5.41, 5.74) is 3.01. The SMILES string of the molecule is Cc1cccc(C2(C)CCCCCN2)c1. The minimum Gasteiger partial charge on any atom is -0.308 e. The Balaban J connectivity index is 2.26. The normalized spacial score (nSPS) is 27.3. The fourth-order valence-electron chi connectivity index (χ4n) is 2.47. The summed E-state index contributed by atoms with van der Waals surface area (Å²) in [6, 6.07) is 8.91. The van der Waals surface area contributed by atoms with E-state index in [0.717, 1.165) is 6.54 Å². The summed E-state index contributed by atoms with van der Waals surface area (Å²) in [5.74, 6) is 0. The Morgan fingerprint density at radius 3 is 2.87 bits per heavy atom. The van der Waals surface area contributed by atoms with Crippen molar-refractivity contribution in [3.8, 4) is 0 Å². The van der Waals surface area contributed by atoms with Crippen molar-refractivity contribution in [1.82, 2.24) is 5.32 Å². The number of aryl methyl sites for hydroxylation is 1. The molecular formula is C14H21N. The van der Waals surface area contributed by atoms with Crippen LogP contribution in [0.1, 0.15) is 43.7 Å². The molecule has 1 saturated heterocycles. The van der Waals surface area contributed by atoms with Crippen LogP contribution in [0.15, 0.2) is 24.3 Å². The standard InChI is InChI=1S/C14H21N/c1-12-7-6-8-13(11-12)14(2)9-4-3-5-10-15-14/h6-8,11,15H,3-5,9-10H2,1-2H3. The molecule has 0 spiro atoms. The number of benzene rings is 1.